The molecule has 1 fully saturated rings. The molecule has 0 spiro atoms. The van der Waals surface area contributed by atoms with E-state index in [1.807, 2.05) is 30.5 Å². The Kier molecular flexibility index (Phi) is 9.40. The first-order valence-electron chi connectivity index (χ1n) is 11.7. The fourth-order valence-electron chi connectivity index (χ4n) is 3.68. The number of aliphatic hydroxyl groups excluding tert-OH is 1. The molecule has 1 N–H and O–H groups in total. The Labute approximate surface area is 186 Å². The quantitative estimate of drug-likeness (QED) is 0.454. The molecule has 0 saturated heterocycles. The van der Waals surface area contributed by atoms with Crippen LogP contribution in [0.5, 0.6) is 17.6 Å². The van der Waals surface area contributed by atoms with Gasteiger partial charge in [-0.05, 0) is 56.6 Å². The number of aromatic nitrogens is 2. The minimum Gasteiger partial charge on any atom is -0.478 e. The molecule has 31 heavy (non-hydrogen) atoms. The second-order valence-electron chi connectivity index (χ2n) is 8.23. The van der Waals surface area contributed by atoms with E-state index in [1.165, 1.54) is 0 Å². The van der Waals surface area contributed by atoms with Crippen LogP contribution in [0.4, 0.5) is 0 Å². The van der Waals surface area contributed by atoms with E-state index < -0.39 is 0 Å². The molecule has 0 bridgehead atoms. The van der Waals surface area contributed by atoms with Gasteiger partial charge in [0.25, 0.3) is 0 Å². The summed E-state index contributed by atoms with van der Waals surface area (Å²) in [6.45, 7) is 5.84. The van der Waals surface area contributed by atoms with E-state index in [9.17, 15) is 5.11 Å². The van der Waals surface area contributed by atoms with Gasteiger partial charge in [-0.3, -0.25) is 0 Å². The van der Waals surface area contributed by atoms with Crippen LogP contribution in [0.2, 0.25) is 0 Å². The van der Waals surface area contributed by atoms with Gasteiger partial charge in [0.05, 0.1) is 13.2 Å². The van der Waals surface area contributed by atoms with Crippen molar-refractivity contribution in [1.29, 1.82) is 0 Å². The highest BCUT2D eigenvalue weighted by Gasteiger charge is 2.22. The first-order valence-corrected chi connectivity index (χ1v) is 11.7. The van der Waals surface area contributed by atoms with E-state index in [1.54, 1.807) is 0 Å². The molecular weight excluding hydrogens is 392 g/mol. The summed E-state index contributed by atoms with van der Waals surface area (Å²) in [5, 5.41) is 9.29. The Balaban J connectivity index is 1.68. The van der Waals surface area contributed by atoms with Crippen LogP contribution in [-0.4, -0.2) is 41.0 Å². The van der Waals surface area contributed by atoms with Crippen molar-refractivity contribution in [3.63, 3.8) is 0 Å². The number of ether oxygens (including phenoxy) is 3. The highest BCUT2D eigenvalue weighted by molar-refractivity contribution is 5.68. The summed E-state index contributed by atoms with van der Waals surface area (Å²) in [7, 11) is 0. The maximum Gasteiger partial charge on any atom is 0.224 e. The largest absolute Gasteiger partial charge is 0.478 e. The lowest BCUT2D eigenvalue weighted by Crippen LogP contribution is -2.25. The number of pyridine rings is 2. The van der Waals surface area contributed by atoms with E-state index in [4.69, 9.17) is 14.2 Å². The van der Waals surface area contributed by atoms with Crippen molar-refractivity contribution < 1.29 is 19.3 Å². The van der Waals surface area contributed by atoms with Gasteiger partial charge in [0.15, 0.2) is 0 Å². The summed E-state index contributed by atoms with van der Waals surface area (Å²) in [6.07, 6.45) is 10.1. The summed E-state index contributed by atoms with van der Waals surface area (Å²) in [5.41, 5.74) is 1.84. The van der Waals surface area contributed by atoms with Crippen molar-refractivity contribution in [3.05, 3.63) is 30.5 Å². The number of aliphatic hydroxyl groups is 1. The molecule has 6 heteroatoms. The molecule has 0 radical (unpaired) electrons. The minimum absolute atomic E-state index is 0.176. The van der Waals surface area contributed by atoms with Gasteiger partial charge in [-0.25, -0.2) is 4.98 Å². The highest BCUT2D eigenvalue weighted by atomic mass is 16.5. The van der Waals surface area contributed by atoms with E-state index in [0.29, 0.717) is 36.8 Å². The van der Waals surface area contributed by atoms with Crippen molar-refractivity contribution in [2.75, 3.05) is 19.8 Å². The summed E-state index contributed by atoms with van der Waals surface area (Å²) in [6, 6.07) is 7.79. The molecule has 1 saturated carbocycles. The van der Waals surface area contributed by atoms with Crippen molar-refractivity contribution >= 4 is 0 Å². The molecule has 0 amide bonds. The topological polar surface area (TPSA) is 73.7 Å². The van der Waals surface area contributed by atoms with Crippen LogP contribution in [0.15, 0.2) is 30.5 Å². The van der Waals surface area contributed by atoms with Gasteiger partial charge in [0, 0.05) is 36.1 Å². The van der Waals surface area contributed by atoms with Gasteiger partial charge < -0.3 is 19.3 Å². The second kappa shape index (κ2) is 12.5. The number of hydrogen-bond acceptors (Lipinski definition) is 6. The number of unbranched alkanes of at least 4 members (excludes halogenated alkanes) is 2. The average Bonchev–Trinajstić information content (AvgIpc) is 2.81. The standard InChI is InChI=1S/C25H36N2O4/c1-3-5-15-29-24-14-12-22(25(27-24)30-16-6-4-2)20-9-13-23(26-17-20)31-21-10-7-19(18-28)8-11-21/h9,12-14,17,19,21,28H,3-8,10-11,15-16,18H2,1-2H3. The second-order valence-corrected chi connectivity index (χ2v) is 8.23. The van der Waals surface area contributed by atoms with Crippen LogP contribution in [0.3, 0.4) is 0 Å². The Morgan fingerprint density at radius 3 is 2.26 bits per heavy atom. The van der Waals surface area contributed by atoms with E-state index in [0.717, 1.165) is 62.5 Å². The first-order chi connectivity index (χ1) is 15.2. The highest BCUT2D eigenvalue weighted by Crippen LogP contribution is 2.32. The van der Waals surface area contributed by atoms with Crippen molar-refractivity contribution in [2.24, 2.45) is 5.92 Å². The maximum absolute atomic E-state index is 9.29. The number of hydrogen-bond donors (Lipinski definition) is 1. The molecule has 0 aromatic carbocycles. The third kappa shape index (κ3) is 7.10. The maximum atomic E-state index is 9.29. The fourth-order valence-corrected chi connectivity index (χ4v) is 3.68. The third-order valence-corrected chi connectivity index (χ3v) is 5.71. The van der Waals surface area contributed by atoms with Crippen LogP contribution >= 0.6 is 0 Å². The Hall–Kier alpha value is -2.34. The smallest absolute Gasteiger partial charge is 0.224 e. The lowest BCUT2D eigenvalue weighted by Gasteiger charge is -2.27. The molecule has 3 rings (SSSR count). The van der Waals surface area contributed by atoms with Crippen molar-refractivity contribution in [3.8, 4) is 28.8 Å². The molecule has 170 valence electrons. The fraction of sp³-hybridized carbons (Fsp3) is 0.600. The summed E-state index contributed by atoms with van der Waals surface area (Å²) < 4.78 is 17.8. The lowest BCUT2D eigenvalue weighted by molar-refractivity contribution is 0.101. The normalized spacial score (nSPS) is 18.5. The predicted octanol–water partition coefficient (Wildman–Crippen LogP) is 5.43. The number of nitrogens with zero attached hydrogens (tertiary/aromatic N) is 2. The van der Waals surface area contributed by atoms with Gasteiger partial charge in [-0.2, -0.15) is 4.98 Å². The van der Waals surface area contributed by atoms with Crippen LogP contribution in [0, 0.1) is 5.92 Å². The zero-order valence-corrected chi connectivity index (χ0v) is 18.9. The van der Waals surface area contributed by atoms with Crippen LogP contribution in [0.1, 0.15) is 65.2 Å². The average molecular weight is 429 g/mol. The summed E-state index contributed by atoms with van der Waals surface area (Å²) >= 11 is 0. The third-order valence-electron chi connectivity index (χ3n) is 5.71. The number of rotatable bonds is 12. The molecule has 0 unspecified atom stereocenters. The first kappa shape index (κ1) is 23.3. The Morgan fingerprint density at radius 1 is 0.903 bits per heavy atom. The van der Waals surface area contributed by atoms with Crippen LogP contribution < -0.4 is 14.2 Å². The monoisotopic (exact) mass is 428 g/mol. The van der Waals surface area contributed by atoms with Gasteiger partial charge in [-0.15, -0.1) is 0 Å². The molecule has 6 nitrogen and oxygen atoms in total. The van der Waals surface area contributed by atoms with Crippen LogP contribution in [-0.2, 0) is 0 Å². The van der Waals surface area contributed by atoms with Crippen molar-refractivity contribution in [1.82, 2.24) is 9.97 Å². The molecule has 0 aliphatic heterocycles. The lowest BCUT2D eigenvalue weighted by atomic mass is 9.88. The Morgan fingerprint density at radius 2 is 1.61 bits per heavy atom. The van der Waals surface area contributed by atoms with E-state index in [-0.39, 0.29) is 12.7 Å². The molecule has 2 aromatic heterocycles. The molecule has 2 heterocycles. The molecule has 0 atom stereocenters. The minimum atomic E-state index is 0.176. The summed E-state index contributed by atoms with van der Waals surface area (Å²) in [5.74, 6) is 2.23. The SMILES string of the molecule is CCCCOc1ccc(-c2ccc(OC3CCC(CO)CC3)nc2)c(OCCCC)n1. The van der Waals surface area contributed by atoms with Crippen molar-refractivity contribution in [2.45, 2.75) is 71.3 Å². The molecule has 2 aromatic rings. The molecule has 1 aliphatic rings. The van der Waals surface area contributed by atoms with Gasteiger partial charge in [0.2, 0.25) is 17.6 Å². The van der Waals surface area contributed by atoms with Gasteiger partial charge in [0.1, 0.15) is 6.10 Å². The zero-order chi connectivity index (χ0) is 21.9. The summed E-state index contributed by atoms with van der Waals surface area (Å²) in [4.78, 5) is 9.12. The molecule has 1 aliphatic carbocycles. The van der Waals surface area contributed by atoms with Gasteiger partial charge in [-0.1, -0.05) is 26.7 Å². The zero-order valence-electron chi connectivity index (χ0n) is 18.9. The van der Waals surface area contributed by atoms with E-state index in [2.05, 4.69) is 23.8 Å². The van der Waals surface area contributed by atoms with E-state index >= 15 is 0 Å². The van der Waals surface area contributed by atoms with Gasteiger partial charge >= 0.3 is 0 Å². The Bertz CT molecular complexity index is 774. The van der Waals surface area contributed by atoms with Crippen LogP contribution in [0.25, 0.3) is 11.1 Å². The predicted molar refractivity (Wildman–Crippen MR) is 122 cm³/mol. The molecular formula is C25H36N2O4.